The first-order chi connectivity index (χ1) is 8.83. The highest BCUT2D eigenvalue weighted by molar-refractivity contribution is 7.15. The molecule has 1 saturated carbocycles. The molecule has 1 fully saturated rings. The molecule has 1 heterocycles. The summed E-state index contributed by atoms with van der Waals surface area (Å²) < 4.78 is 5.18. The topological polar surface area (TPSA) is 37.4 Å². The van der Waals surface area contributed by atoms with E-state index in [-0.39, 0.29) is 0 Å². The van der Waals surface area contributed by atoms with Crippen LogP contribution >= 0.6 is 11.3 Å². The summed E-state index contributed by atoms with van der Waals surface area (Å²) in [6.07, 6.45) is 5.81. The molecular weight excluding hydrogens is 246 g/mol. The number of thiazole rings is 1. The Hall–Kier alpha value is -0.650. The minimum Gasteiger partial charge on any atom is -0.383 e. The Morgan fingerprint density at radius 2 is 2.39 bits per heavy atom. The van der Waals surface area contributed by atoms with Gasteiger partial charge >= 0.3 is 0 Å². The van der Waals surface area contributed by atoms with Crippen LogP contribution < -0.4 is 5.32 Å². The standard InChI is InChI=1S/C13H23N3OS/c1-3-6-14-13-15-9-12(18-13)10-16(7-8-17-2)11-4-5-11/h9,11H,3-8,10H2,1-2H3,(H,14,15). The van der Waals surface area contributed by atoms with E-state index in [2.05, 4.69) is 22.1 Å². The lowest BCUT2D eigenvalue weighted by Crippen LogP contribution is -2.28. The summed E-state index contributed by atoms with van der Waals surface area (Å²) >= 11 is 1.78. The maximum Gasteiger partial charge on any atom is 0.182 e. The van der Waals surface area contributed by atoms with E-state index < -0.39 is 0 Å². The Morgan fingerprint density at radius 1 is 1.56 bits per heavy atom. The summed E-state index contributed by atoms with van der Waals surface area (Å²) in [4.78, 5) is 8.27. The average Bonchev–Trinajstić information content (AvgIpc) is 3.13. The largest absolute Gasteiger partial charge is 0.383 e. The van der Waals surface area contributed by atoms with E-state index in [1.807, 2.05) is 6.20 Å². The molecule has 0 atom stereocenters. The number of hydrogen-bond acceptors (Lipinski definition) is 5. The van der Waals surface area contributed by atoms with Crippen molar-refractivity contribution in [3.05, 3.63) is 11.1 Å². The van der Waals surface area contributed by atoms with E-state index in [0.29, 0.717) is 0 Å². The molecule has 1 aliphatic rings. The van der Waals surface area contributed by atoms with Crippen molar-refractivity contribution in [1.82, 2.24) is 9.88 Å². The normalized spacial score (nSPS) is 15.3. The maximum atomic E-state index is 5.18. The third kappa shape index (κ3) is 4.23. The number of aromatic nitrogens is 1. The van der Waals surface area contributed by atoms with Crippen LogP contribution in [0.25, 0.3) is 0 Å². The van der Waals surface area contributed by atoms with Crippen LogP contribution in [0.15, 0.2) is 6.20 Å². The second-order valence-electron chi connectivity index (χ2n) is 4.75. The van der Waals surface area contributed by atoms with Gasteiger partial charge in [-0.05, 0) is 19.3 Å². The number of anilines is 1. The molecule has 1 aliphatic carbocycles. The van der Waals surface area contributed by atoms with Gasteiger partial charge < -0.3 is 10.1 Å². The molecule has 5 heteroatoms. The monoisotopic (exact) mass is 269 g/mol. The van der Waals surface area contributed by atoms with Crippen LogP contribution in [0.2, 0.25) is 0 Å². The van der Waals surface area contributed by atoms with E-state index in [9.17, 15) is 0 Å². The van der Waals surface area contributed by atoms with Crippen LogP contribution in [-0.4, -0.2) is 42.7 Å². The van der Waals surface area contributed by atoms with Gasteiger partial charge in [-0.15, -0.1) is 11.3 Å². The van der Waals surface area contributed by atoms with Crippen molar-refractivity contribution in [3.8, 4) is 0 Å². The highest BCUT2D eigenvalue weighted by atomic mass is 32.1. The van der Waals surface area contributed by atoms with Gasteiger partial charge in [0, 0.05) is 43.9 Å². The predicted molar refractivity (Wildman–Crippen MR) is 76.2 cm³/mol. The molecule has 2 rings (SSSR count). The Kier molecular flexibility index (Phi) is 5.41. The molecule has 4 nitrogen and oxygen atoms in total. The van der Waals surface area contributed by atoms with Crippen LogP contribution in [0, 0.1) is 0 Å². The second kappa shape index (κ2) is 7.07. The first kappa shape index (κ1) is 13.8. The molecule has 0 spiro atoms. The number of methoxy groups -OCH3 is 1. The van der Waals surface area contributed by atoms with E-state index in [0.717, 1.165) is 43.8 Å². The van der Waals surface area contributed by atoms with Gasteiger partial charge in [-0.2, -0.15) is 0 Å². The molecule has 0 aliphatic heterocycles. The molecule has 0 aromatic carbocycles. The molecule has 1 aromatic rings. The molecule has 0 bridgehead atoms. The van der Waals surface area contributed by atoms with Crippen molar-refractivity contribution in [2.45, 2.75) is 38.8 Å². The van der Waals surface area contributed by atoms with Gasteiger partial charge in [-0.25, -0.2) is 4.98 Å². The van der Waals surface area contributed by atoms with Crippen LogP contribution in [0.3, 0.4) is 0 Å². The summed E-state index contributed by atoms with van der Waals surface area (Å²) in [5.74, 6) is 0. The smallest absolute Gasteiger partial charge is 0.182 e. The van der Waals surface area contributed by atoms with Crippen molar-refractivity contribution >= 4 is 16.5 Å². The first-order valence-corrected chi connectivity index (χ1v) is 7.56. The molecule has 0 amide bonds. The minimum absolute atomic E-state index is 0.773. The van der Waals surface area contributed by atoms with Gasteiger partial charge in [0.15, 0.2) is 5.13 Å². The third-order valence-corrected chi connectivity index (χ3v) is 4.02. The predicted octanol–water partition coefficient (Wildman–Crippen LogP) is 2.58. The van der Waals surface area contributed by atoms with E-state index in [1.165, 1.54) is 17.7 Å². The SMILES string of the molecule is CCCNc1ncc(CN(CCOC)C2CC2)s1. The molecule has 0 saturated heterocycles. The van der Waals surface area contributed by atoms with Crippen molar-refractivity contribution in [3.63, 3.8) is 0 Å². The summed E-state index contributed by atoms with van der Waals surface area (Å²) in [6.45, 7) is 6.02. The zero-order chi connectivity index (χ0) is 12.8. The highest BCUT2D eigenvalue weighted by Crippen LogP contribution is 2.29. The molecule has 1 aromatic heterocycles. The van der Waals surface area contributed by atoms with Crippen molar-refractivity contribution < 1.29 is 4.74 Å². The third-order valence-electron chi connectivity index (χ3n) is 3.08. The van der Waals surface area contributed by atoms with Crippen LogP contribution in [-0.2, 0) is 11.3 Å². The molecular formula is C13H23N3OS. The van der Waals surface area contributed by atoms with E-state index in [4.69, 9.17) is 4.74 Å². The van der Waals surface area contributed by atoms with Gasteiger partial charge in [0.2, 0.25) is 0 Å². The summed E-state index contributed by atoms with van der Waals surface area (Å²) in [6, 6.07) is 0.773. The lowest BCUT2D eigenvalue weighted by Gasteiger charge is -2.20. The van der Waals surface area contributed by atoms with Gasteiger partial charge in [-0.3, -0.25) is 4.90 Å². The molecule has 0 unspecified atom stereocenters. The molecule has 102 valence electrons. The number of ether oxygens (including phenoxy) is 1. The fourth-order valence-corrected chi connectivity index (χ4v) is 2.80. The summed E-state index contributed by atoms with van der Waals surface area (Å²) in [5.41, 5.74) is 0. The number of nitrogens with one attached hydrogen (secondary N) is 1. The molecule has 0 radical (unpaired) electrons. The van der Waals surface area contributed by atoms with Gasteiger partial charge in [0.05, 0.1) is 6.61 Å². The second-order valence-corrected chi connectivity index (χ2v) is 5.87. The lowest BCUT2D eigenvalue weighted by molar-refractivity contribution is 0.140. The van der Waals surface area contributed by atoms with Gasteiger partial charge in [-0.1, -0.05) is 6.92 Å². The van der Waals surface area contributed by atoms with Gasteiger partial charge in [0.1, 0.15) is 0 Å². The van der Waals surface area contributed by atoms with Crippen molar-refractivity contribution in [2.75, 3.05) is 32.1 Å². The Balaban J connectivity index is 1.83. The Bertz CT molecular complexity index is 352. The van der Waals surface area contributed by atoms with Crippen LogP contribution in [0.1, 0.15) is 31.1 Å². The number of rotatable bonds is 9. The summed E-state index contributed by atoms with van der Waals surface area (Å²) in [5, 5.41) is 4.39. The number of nitrogens with zero attached hydrogens (tertiary/aromatic N) is 2. The number of hydrogen-bond donors (Lipinski definition) is 1. The molecule has 18 heavy (non-hydrogen) atoms. The first-order valence-electron chi connectivity index (χ1n) is 6.75. The lowest BCUT2D eigenvalue weighted by atomic mass is 10.4. The fourth-order valence-electron chi connectivity index (χ4n) is 1.93. The Labute approximate surface area is 113 Å². The minimum atomic E-state index is 0.773. The molecule has 1 N–H and O–H groups in total. The van der Waals surface area contributed by atoms with Crippen molar-refractivity contribution in [2.24, 2.45) is 0 Å². The average molecular weight is 269 g/mol. The van der Waals surface area contributed by atoms with Crippen LogP contribution in [0.4, 0.5) is 5.13 Å². The van der Waals surface area contributed by atoms with Crippen molar-refractivity contribution in [1.29, 1.82) is 0 Å². The van der Waals surface area contributed by atoms with E-state index >= 15 is 0 Å². The van der Waals surface area contributed by atoms with Gasteiger partial charge in [0.25, 0.3) is 0 Å². The zero-order valence-corrected chi connectivity index (χ0v) is 12.1. The van der Waals surface area contributed by atoms with E-state index in [1.54, 1.807) is 18.4 Å². The quantitative estimate of drug-likeness (QED) is 0.747. The Morgan fingerprint density at radius 3 is 3.06 bits per heavy atom. The zero-order valence-electron chi connectivity index (χ0n) is 11.3. The fraction of sp³-hybridized carbons (Fsp3) is 0.769. The van der Waals surface area contributed by atoms with Crippen LogP contribution in [0.5, 0.6) is 0 Å². The maximum absolute atomic E-state index is 5.18. The highest BCUT2D eigenvalue weighted by Gasteiger charge is 2.28. The summed E-state index contributed by atoms with van der Waals surface area (Å²) in [7, 11) is 1.77.